The summed E-state index contributed by atoms with van der Waals surface area (Å²) in [6.45, 7) is 2.67. The molecule has 0 heterocycles. The van der Waals surface area contributed by atoms with Crippen molar-refractivity contribution in [2.45, 2.75) is 45.1 Å². The maximum absolute atomic E-state index is 12.0. The van der Waals surface area contributed by atoms with E-state index < -0.39 is 0 Å². The van der Waals surface area contributed by atoms with E-state index in [1.807, 2.05) is 0 Å². The van der Waals surface area contributed by atoms with Crippen LogP contribution in [0.1, 0.15) is 39.0 Å². The Hall–Kier alpha value is -1.01. The van der Waals surface area contributed by atoms with Gasteiger partial charge in [0.2, 0.25) is 5.91 Å². The zero-order valence-corrected chi connectivity index (χ0v) is 10.0. The van der Waals surface area contributed by atoms with E-state index >= 15 is 0 Å². The van der Waals surface area contributed by atoms with Gasteiger partial charge in [0.25, 0.3) is 0 Å². The van der Waals surface area contributed by atoms with E-state index in [-0.39, 0.29) is 17.9 Å². The van der Waals surface area contributed by atoms with Crippen LogP contribution in [0.25, 0.3) is 0 Å². The van der Waals surface area contributed by atoms with E-state index in [4.69, 9.17) is 12.2 Å². The first kappa shape index (κ1) is 13.1. The van der Waals surface area contributed by atoms with Crippen molar-refractivity contribution in [2.75, 3.05) is 6.54 Å². The van der Waals surface area contributed by atoms with E-state index in [0.717, 1.165) is 32.1 Å². The molecule has 1 amide bonds. The maximum Gasteiger partial charge on any atom is 0.224 e. The van der Waals surface area contributed by atoms with E-state index in [9.17, 15) is 4.79 Å². The molecule has 3 N–H and O–H groups in total. The first-order chi connectivity index (χ1) is 7.72. The molecule has 1 saturated carbocycles. The molecule has 0 saturated heterocycles. The number of carbonyl (C=O) groups is 1. The van der Waals surface area contributed by atoms with Gasteiger partial charge in [0, 0.05) is 5.92 Å². The topological polar surface area (TPSA) is 55.1 Å². The highest BCUT2D eigenvalue weighted by atomic mass is 16.1. The molecule has 1 aliphatic carbocycles. The van der Waals surface area contributed by atoms with Gasteiger partial charge in [-0.05, 0) is 31.7 Å². The van der Waals surface area contributed by atoms with Crippen molar-refractivity contribution < 1.29 is 4.79 Å². The Kier molecular flexibility index (Phi) is 5.34. The highest BCUT2D eigenvalue weighted by Gasteiger charge is 2.32. The van der Waals surface area contributed by atoms with E-state index in [1.54, 1.807) is 0 Å². The summed E-state index contributed by atoms with van der Waals surface area (Å²) in [6.07, 6.45) is 10.4. The molecule has 3 nitrogen and oxygen atoms in total. The van der Waals surface area contributed by atoms with Gasteiger partial charge < -0.3 is 11.1 Å². The number of rotatable bonds is 5. The fourth-order valence-electron chi connectivity index (χ4n) is 2.43. The van der Waals surface area contributed by atoms with Crippen molar-refractivity contribution in [3.8, 4) is 12.3 Å². The first-order valence-corrected chi connectivity index (χ1v) is 6.19. The van der Waals surface area contributed by atoms with E-state index in [0.29, 0.717) is 12.5 Å². The largest absolute Gasteiger partial charge is 0.342 e. The van der Waals surface area contributed by atoms with Crippen molar-refractivity contribution in [1.82, 2.24) is 5.32 Å². The molecule has 0 aromatic rings. The molecule has 3 heteroatoms. The first-order valence-electron chi connectivity index (χ1n) is 6.19. The summed E-state index contributed by atoms with van der Waals surface area (Å²) in [5.41, 5.74) is 5.66. The lowest BCUT2D eigenvalue weighted by atomic mass is 9.95. The van der Waals surface area contributed by atoms with Crippen molar-refractivity contribution in [2.24, 2.45) is 17.6 Å². The lowest BCUT2D eigenvalue weighted by molar-refractivity contribution is -0.126. The minimum atomic E-state index is -0.114. The van der Waals surface area contributed by atoms with Crippen LogP contribution in [0.3, 0.4) is 0 Å². The number of carbonyl (C=O) groups excluding carboxylic acids is 1. The number of amides is 1. The minimum absolute atomic E-state index is 0.0812. The fraction of sp³-hybridized carbons (Fsp3) is 0.769. The third-order valence-electron chi connectivity index (χ3n) is 3.39. The normalized spacial score (nSPS) is 26.1. The molecule has 90 valence electrons. The summed E-state index contributed by atoms with van der Waals surface area (Å²) < 4.78 is 0. The van der Waals surface area contributed by atoms with Gasteiger partial charge in [0.05, 0.1) is 6.04 Å². The number of terminal acetylenes is 1. The SMILES string of the molecule is C#CC(CCC)NC(=O)C1CCCC1CN. The highest BCUT2D eigenvalue weighted by Crippen LogP contribution is 2.31. The number of nitrogens with two attached hydrogens (primary N) is 1. The average molecular weight is 222 g/mol. The summed E-state index contributed by atoms with van der Waals surface area (Å²) in [6, 6.07) is -0.114. The van der Waals surface area contributed by atoms with Crippen LogP contribution in [0.2, 0.25) is 0 Å². The van der Waals surface area contributed by atoms with E-state index in [1.165, 1.54) is 0 Å². The van der Waals surface area contributed by atoms with Crippen LogP contribution in [0.15, 0.2) is 0 Å². The van der Waals surface area contributed by atoms with Gasteiger partial charge in [-0.15, -0.1) is 6.42 Å². The predicted molar refractivity (Wildman–Crippen MR) is 65.6 cm³/mol. The predicted octanol–water partition coefficient (Wildman–Crippen LogP) is 1.28. The molecule has 1 aliphatic rings. The molecule has 1 rings (SSSR count). The Labute approximate surface area is 98.2 Å². The van der Waals surface area contributed by atoms with Gasteiger partial charge in [0.1, 0.15) is 0 Å². The summed E-state index contributed by atoms with van der Waals surface area (Å²) in [4.78, 5) is 12.0. The molecule has 0 aromatic heterocycles. The summed E-state index contributed by atoms with van der Waals surface area (Å²) in [5, 5.41) is 2.94. The quantitative estimate of drug-likeness (QED) is 0.688. The Bertz CT molecular complexity index is 270. The molecule has 0 radical (unpaired) electrons. The summed E-state index contributed by atoms with van der Waals surface area (Å²) in [5.74, 6) is 3.16. The molecule has 0 aliphatic heterocycles. The van der Waals surface area contributed by atoms with Crippen LogP contribution in [0.4, 0.5) is 0 Å². The summed E-state index contributed by atoms with van der Waals surface area (Å²) >= 11 is 0. The number of nitrogens with one attached hydrogen (secondary N) is 1. The zero-order chi connectivity index (χ0) is 12.0. The molecule has 0 bridgehead atoms. The second-order valence-electron chi connectivity index (χ2n) is 4.55. The Morgan fingerprint density at radius 1 is 1.62 bits per heavy atom. The van der Waals surface area contributed by atoms with Crippen LogP contribution in [-0.2, 0) is 4.79 Å². The molecular weight excluding hydrogens is 200 g/mol. The summed E-state index contributed by atoms with van der Waals surface area (Å²) in [7, 11) is 0. The van der Waals surface area contributed by atoms with Crippen LogP contribution < -0.4 is 11.1 Å². The smallest absolute Gasteiger partial charge is 0.224 e. The Balaban J connectivity index is 2.48. The van der Waals surface area contributed by atoms with Gasteiger partial charge in [0.15, 0.2) is 0 Å². The van der Waals surface area contributed by atoms with Gasteiger partial charge in [-0.1, -0.05) is 25.7 Å². The molecular formula is C13H22N2O. The van der Waals surface area contributed by atoms with Gasteiger partial charge in [-0.2, -0.15) is 0 Å². The third kappa shape index (κ3) is 3.24. The second kappa shape index (κ2) is 6.55. The van der Waals surface area contributed by atoms with Crippen molar-refractivity contribution in [3.05, 3.63) is 0 Å². The van der Waals surface area contributed by atoms with Crippen molar-refractivity contribution in [3.63, 3.8) is 0 Å². The van der Waals surface area contributed by atoms with Gasteiger partial charge >= 0.3 is 0 Å². The van der Waals surface area contributed by atoms with Gasteiger partial charge in [-0.25, -0.2) is 0 Å². The van der Waals surface area contributed by atoms with Crippen LogP contribution >= 0.6 is 0 Å². The average Bonchev–Trinajstić information content (AvgIpc) is 2.76. The molecule has 3 unspecified atom stereocenters. The van der Waals surface area contributed by atoms with Crippen LogP contribution in [-0.4, -0.2) is 18.5 Å². The zero-order valence-electron chi connectivity index (χ0n) is 10.0. The Morgan fingerprint density at radius 3 is 2.94 bits per heavy atom. The van der Waals surface area contributed by atoms with E-state index in [2.05, 4.69) is 18.2 Å². The Morgan fingerprint density at radius 2 is 2.38 bits per heavy atom. The third-order valence-corrected chi connectivity index (χ3v) is 3.39. The molecule has 0 aromatic carbocycles. The molecule has 1 fully saturated rings. The van der Waals surface area contributed by atoms with Crippen molar-refractivity contribution >= 4 is 5.91 Å². The second-order valence-corrected chi connectivity index (χ2v) is 4.55. The standard InChI is InChI=1S/C13H22N2O/c1-3-6-11(4-2)15-13(16)12-8-5-7-10(12)9-14/h2,10-12H,3,5-9,14H2,1H3,(H,15,16). The minimum Gasteiger partial charge on any atom is -0.342 e. The van der Waals surface area contributed by atoms with Crippen LogP contribution in [0, 0.1) is 24.2 Å². The molecule has 0 spiro atoms. The lowest BCUT2D eigenvalue weighted by Gasteiger charge is -2.20. The maximum atomic E-state index is 12.0. The fourth-order valence-corrected chi connectivity index (χ4v) is 2.43. The monoisotopic (exact) mass is 222 g/mol. The van der Waals surface area contributed by atoms with Gasteiger partial charge in [-0.3, -0.25) is 4.79 Å². The number of hydrogen-bond donors (Lipinski definition) is 2. The van der Waals surface area contributed by atoms with Crippen molar-refractivity contribution in [1.29, 1.82) is 0 Å². The molecule has 16 heavy (non-hydrogen) atoms. The lowest BCUT2D eigenvalue weighted by Crippen LogP contribution is -2.40. The van der Waals surface area contributed by atoms with Crippen LogP contribution in [0.5, 0.6) is 0 Å². The highest BCUT2D eigenvalue weighted by molar-refractivity contribution is 5.80. The molecule has 3 atom stereocenters. The number of hydrogen-bond acceptors (Lipinski definition) is 2.